The summed E-state index contributed by atoms with van der Waals surface area (Å²) >= 11 is 5.99. The molecule has 4 aromatic rings. The Hall–Kier alpha value is -3.11. The van der Waals surface area contributed by atoms with E-state index in [1.54, 1.807) is 30.5 Å². The fourth-order valence-corrected chi connectivity index (χ4v) is 2.94. The molecule has 1 N–H and O–H groups in total. The molecular formula is C20H12ClNO3. The first-order valence-electron chi connectivity index (χ1n) is 7.60. The van der Waals surface area contributed by atoms with Gasteiger partial charge >= 0.3 is 5.97 Å². The molecule has 0 bridgehead atoms. The highest BCUT2D eigenvalue weighted by Crippen LogP contribution is 2.29. The lowest BCUT2D eigenvalue weighted by Crippen LogP contribution is -2.00. The Morgan fingerprint density at radius 3 is 2.44 bits per heavy atom. The number of benzene rings is 2. The number of carbonyl (C=O) groups is 1. The molecule has 0 aliphatic heterocycles. The summed E-state index contributed by atoms with van der Waals surface area (Å²) in [5.41, 5.74) is 3.14. The average Bonchev–Trinajstić information content (AvgIpc) is 3.15. The third-order valence-electron chi connectivity index (χ3n) is 3.99. The van der Waals surface area contributed by atoms with Crippen LogP contribution in [-0.4, -0.2) is 16.1 Å². The van der Waals surface area contributed by atoms with E-state index in [0.717, 1.165) is 16.9 Å². The highest BCUT2D eigenvalue weighted by molar-refractivity contribution is 6.31. The summed E-state index contributed by atoms with van der Waals surface area (Å²) < 4.78 is 5.38. The number of aromatic carboxylic acids is 1. The van der Waals surface area contributed by atoms with Crippen LogP contribution < -0.4 is 0 Å². The first kappa shape index (κ1) is 15.4. The summed E-state index contributed by atoms with van der Waals surface area (Å²) in [5, 5.41) is 10.5. The maximum Gasteiger partial charge on any atom is 0.336 e. The van der Waals surface area contributed by atoms with Gasteiger partial charge in [0.25, 0.3) is 0 Å². The van der Waals surface area contributed by atoms with Crippen LogP contribution in [0.25, 0.3) is 33.5 Å². The van der Waals surface area contributed by atoms with Gasteiger partial charge in [0.15, 0.2) is 0 Å². The van der Waals surface area contributed by atoms with Crippen LogP contribution in [-0.2, 0) is 0 Å². The van der Waals surface area contributed by atoms with Crippen LogP contribution in [0.2, 0.25) is 5.02 Å². The predicted octanol–water partition coefficient (Wildman–Crippen LogP) is 5.51. The molecule has 4 rings (SSSR count). The van der Waals surface area contributed by atoms with Crippen molar-refractivity contribution in [2.24, 2.45) is 0 Å². The molecule has 0 unspecified atom stereocenters. The van der Waals surface area contributed by atoms with Gasteiger partial charge in [-0.05, 0) is 36.4 Å². The van der Waals surface area contributed by atoms with Gasteiger partial charge < -0.3 is 9.52 Å². The van der Waals surface area contributed by atoms with Crippen LogP contribution in [0, 0.1) is 0 Å². The van der Waals surface area contributed by atoms with Gasteiger partial charge in [0, 0.05) is 21.5 Å². The molecule has 0 radical (unpaired) electrons. The molecule has 0 atom stereocenters. The lowest BCUT2D eigenvalue weighted by atomic mass is 10.0. The van der Waals surface area contributed by atoms with E-state index < -0.39 is 5.97 Å². The smallest absolute Gasteiger partial charge is 0.336 e. The van der Waals surface area contributed by atoms with Gasteiger partial charge in [-0.2, -0.15) is 0 Å². The summed E-state index contributed by atoms with van der Waals surface area (Å²) in [4.78, 5) is 16.2. The molecule has 0 aliphatic carbocycles. The number of fused-ring (bicyclic) bond motifs is 1. The number of nitrogens with zero attached hydrogens (tertiary/aromatic N) is 1. The molecule has 0 spiro atoms. The molecule has 0 amide bonds. The number of halogens is 1. The van der Waals surface area contributed by atoms with E-state index in [1.165, 1.54) is 0 Å². The standard InChI is InChI=1S/C20H12ClNO3/c21-14-7-8-17-15(10-14)16(20(23)24)11-18(22-17)12-3-5-13(6-4-12)19-2-1-9-25-19/h1-11H,(H,23,24). The number of hydrogen-bond acceptors (Lipinski definition) is 3. The minimum atomic E-state index is -1.01. The van der Waals surface area contributed by atoms with Gasteiger partial charge in [-0.15, -0.1) is 0 Å². The van der Waals surface area contributed by atoms with Crippen molar-refractivity contribution in [2.45, 2.75) is 0 Å². The first-order chi connectivity index (χ1) is 12.1. The van der Waals surface area contributed by atoms with Crippen molar-refractivity contribution < 1.29 is 14.3 Å². The van der Waals surface area contributed by atoms with Crippen molar-refractivity contribution in [3.05, 3.63) is 77.5 Å². The summed E-state index contributed by atoms with van der Waals surface area (Å²) in [5.74, 6) is -0.234. The van der Waals surface area contributed by atoms with Crippen LogP contribution >= 0.6 is 11.6 Å². The molecule has 122 valence electrons. The van der Waals surface area contributed by atoms with E-state index in [4.69, 9.17) is 16.0 Å². The fourth-order valence-electron chi connectivity index (χ4n) is 2.77. The number of rotatable bonds is 3. The Balaban J connectivity index is 1.84. The fraction of sp³-hybridized carbons (Fsp3) is 0. The van der Waals surface area contributed by atoms with Crippen molar-refractivity contribution in [3.8, 4) is 22.6 Å². The van der Waals surface area contributed by atoms with Gasteiger partial charge in [0.2, 0.25) is 0 Å². The minimum absolute atomic E-state index is 0.178. The predicted molar refractivity (Wildman–Crippen MR) is 96.9 cm³/mol. The average molecular weight is 350 g/mol. The topological polar surface area (TPSA) is 63.3 Å². The van der Waals surface area contributed by atoms with Gasteiger partial charge in [0.05, 0.1) is 23.0 Å². The Kier molecular flexibility index (Phi) is 3.75. The highest BCUT2D eigenvalue weighted by atomic mass is 35.5. The Morgan fingerprint density at radius 2 is 1.76 bits per heavy atom. The van der Waals surface area contributed by atoms with Crippen LogP contribution in [0.3, 0.4) is 0 Å². The number of carboxylic acids is 1. The summed E-state index contributed by atoms with van der Waals surface area (Å²) in [6.45, 7) is 0. The van der Waals surface area contributed by atoms with Crippen LogP contribution in [0.5, 0.6) is 0 Å². The molecule has 5 heteroatoms. The number of aromatic nitrogens is 1. The van der Waals surface area contributed by atoms with Crippen molar-refractivity contribution in [1.29, 1.82) is 0 Å². The van der Waals surface area contributed by atoms with Gasteiger partial charge in [-0.3, -0.25) is 0 Å². The monoisotopic (exact) mass is 349 g/mol. The molecule has 2 aromatic heterocycles. The molecule has 0 aliphatic rings. The largest absolute Gasteiger partial charge is 0.478 e. The van der Waals surface area contributed by atoms with Gasteiger partial charge in [0.1, 0.15) is 5.76 Å². The molecule has 0 fully saturated rings. The molecule has 4 nitrogen and oxygen atoms in total. The molecular weight excluding hydrogens is 338 g/mol. The van der Waals surface area contributed by atoms with E-state index in [0.29, 0.717) is 21.6 Å². The Bertz CT molecular complexity index is 1070. The second-order valence-corrected chi connectivity index (χ2v) is 6.01. The van der Waals surface area contributed by atoms with E-state index >= 15 is 0 Å². The Morgan fingerprint density at radius 1 is 1.00 bits per heavy atom. The maximum absolute atomic E-state index is 11.6. The second kappa shape index (κ2) is 6.07. The van der Waals surface area contributed by atoms with Crippen molar-refractivity contribution in [1.82, 2.24) is 4.98 Å². The van der Waals surface area contributed by atoms with Crippen LogP contribution in [0.4, 0.5) is 0 Å². The van der Waals surface area contributed by atoms with E-state index in [2.05, 4.69) is 4.98 Å². The van der Waals surface area contributed by atoms with Gasteiger partial charge in [-0.1, -0.05) is 35.9 Å². The van der Waals surface area contributed by atoms with E-state index in [9.17, 15) is 9.90 Å². The maximum atomic E-state index is 11.6. The SMILES string of the molecule is O=C(O)c1cc(-c2ccc(-c3ccco3)cc2)nc2ccc(Cl)cc12. The lowest BCUT2D eigenvalue weighted by Gasteiger charge is -2.08. The van der Waals surface area contributed by atoms with Crippen LogP contribution in [0.15, 0.2) is 71.3 Å². The molecule has 2 heterocycles. The Labute approximate surface area is 148 Å². The summed E-state index contributed by atoms with van der Waals surface area (Å²) in [7, 11) is 0. The van der Waals surface area contributed by atoms with Gasteiger partial charge in [-0.25, -0.2) is 9.78 Å². The highest BCUT2D eigenvalue weighted by Gasteiger charge is 2.13. The quantitative estimate of drug-likeness (QED) is 0.529. The van der Waals surface area contributed by atoms with Crippen molar-refractivity contribution in [2.75, 3.05) is 0 Å². The molecule has 0 saturated heterocycles. The third kappa shape index (κ3) is 2.88. The lowest BCUT2D eigenvalue weighted by molar-refractivity contribution is 0.0699. The molecule has 2 aromatic carbocycles. The first-order valence-corrected chi connectivity index (χ1v) is 7.97. The third-order valence-corrected chi connectivity index (χ3v) is 4.22. The number of carboxylic acid groups (broad SMARTS) is 1. The van der Waals surface area contributed by atoms with E-state index in [1.807, 2.05) is 36.4 Å². The number of pyridine rings is 1. The zero-order chi connectivity index (χ0) is 17.4. The normalized spacial score (nSPS) is 10.9. The molecule has 25 heavy (non-hydrogen) atoms. The number of hydrogen-bond donors (Lipinski definition) is 1. The number of furan rings is 1. The zero-order valence-electron chi connectivity index (χ0n) is 12.9. The summed E-state index contributed by atoms with van der Waals surface area (Å²) in [6, 6.07) is 18.0. The molecule has 0 saturated carbocycles. The van der Waals surface area contributed by atoms with Crippen molar-refractivity contribution in [3.63, 3.8) is 0 Å². The van der Waals surface area contributed by atoms with Crippen LogP contribution in [0.1, 0.15) is 10.4 Å². The minimum Gasteiger partial charge on any atom is -0.478 e. The second-order valence-electron chi connectivity index (χ2n) is 5.58. The van der Waals surface area contributed by atoms with E-state index in [-0.39, 0.29) is 5.56 Å². The van der Waals surface area contributed by atoms with Crippen molar-refractivity contribution >= 4 is 28.5 Å². The zero-order valence-corrected chi connectivity index (χ0v) is 13.7. The summed E-state index contributed by atoms with van der Waals surface area (Å²) in [6.07, 6.45) is 1.62.